The molecule has 0 spiro atoms. The van der Waals surface area contributed by atoms with Gasteiger partial charge in [0.2, 0.25) is 10.0 Å². The smallest absolute Gasteiger partial charge is 0.410 e. The Balaban J connectivity index is 2.09. The summed E-state index contributed by atoms with van der Waals surface area (Å²) in [6, 6.07) is 5.11. The Morgan fingerprint density at radius 2 is 1.64 bits per heavy atom. The number of nitrogens with zero attached hydrogens (tertiary/aromatic N) is 1. The highest BCUT2D eigenvalue weighted by molar-refractivity contribution is 7.89. The molecule has 2 rings (SSSR count). The lowest BCUT2D eigenvalue weighted by molar-refractivity contribution is 0.0302. The lowest BCUT2D eigenvalue weighted by Gasteiger charge is -2.24. The van der Waals surface area contributed by atoms with Gasteiger partial charge in [-0.3, -0.25) is 4.79 Å². The minimum absolute atomic E-state index is 0.0151. The molecule has 0 aliphatic carbocycles. The van der Waals surface area contributed by atoms with Gasteiger partial charge in [0.25, 0.3) is 5.91 Å². The third-order valence-corrected chi connectivity index (χ3v) is 5.57. The van der Waals surface area contributed by atoms with Gasteiger partial charge in [0.1, 0.15) is 11.4 Å². The van der Waals surface area contributed by atoms with E-state index in [1.54, 1.807) is 20.8 Å². The third kappa shape index (κ3) is 7.46. The average Bonchev–Trinajstić information content (AvgIpc) is 2.69. The zero-order chi connectivity index (χ0) is 25.0. The van der Waals surface area contributed by atoms with Gasteiger partial charge >= 0.3 is 6.09 Å². The normalized spacial score (nSPS) is 11.7. The summed E-state index contributed by atoms with van der Waals surface area (Å²) in [7, 11) is -2.73. The topological polar surface area (TPSA) is 105 Å². The predicted octanol–water partition coefficient (Wildman–Crippen LogP) is 3.50. The number of hydrogen-bond acceptors (Lipinski definition) is 5. The molecule has 0 bridgehead atoms. The molecule has 0 aromatic heterocycles. The summed E-state index contributed by atoms with van der Waals surface area (Å²) in [5.74, 6) is -4.42. The molecule has 0 unspecified atom stereocenters. The van der Waals surface area contributed by atoms with Gasteiger partial charge in [0.15, 0.2) is 11.6 Å². The summed E-state index contributed by atoms with van der Waals surface area (Å²) in [6.45, 7) is 4.88. The molecule has 0 atom stereocenters. The van der Waals surface area contributed by atoms with E-state index in [0.717, 1.165) is 30.3 Å². The molecule has 0 saturated heterocycles. The zero-order valence-corrected chi connectivity index (χ0v) is 19.2. The van der Waals surface area contributed by atoms with Crippen LogP contribution in [0.5, 0.6) is 0 Å². The van der Waals surface area contributed by atoms with Crippen molar-refractivity contribution in [2.24, 2.45) is 0 Å². The fraction of sp³-hybridized carbons (Fsp3) is 0.333. The number of hydrogen-bond donors (Lipinski definition) is 2. The first kappa shape index (κ1) is 26.1. The van der Waals surface area contributed by atoms with E-state index in [1.807, 2.05) is 0 Å². The molecule has 2 N–H and O–H groups in total. The number of likely N-dealkylation sites (N-methyl/N-ethyl adjacent to an activating group) is 1. The Hall–Kier alpha value is -3.12. The van der Waals surface area contributed by atoms with E-state index < -0.39 is 55.5 Å². The maximum absolute atomic E-state index is 14.2. The number of benzene rings is 2. The minimum Gasteiger partial charge on any atom is -0.444 e. The molecule has 0 radical (unpaired) electrons. The molecule has 0 heterocycles. The van der Waals surface area contributed by atoms with Crippen LogP contribution in [0.1, 0.15) is 31.1 Å². The molecular formula is C21H24F3N3O5S. The predicted molar refractivity (Wildman–Crippen MR) is 115 cm³/mol. The van der Waals surface area contributed by atoms with Gasteiger partial charge < -0.3 is 15.0 Å². The Labute approximate surface area is 189 Å². The van der Waals surface area contributed by atoms with Gasteiger partial charge in [-0.2, -0.15) is 0 Å². The van der Waals surface area contributed by atoms with Crippen LogP contribution >= 0.6 is 0 Å². The number of carbonyl (C=O) groups is 2. The summed E-state index contributed by atoms with van der Waals surface area (Å²) in [5, 5.41) is 2.18. The zero-order valence-electron chi connectivity index (χ0n) is 18.4. The quantitative estimate of drug-likeness (QED) is 0.622. The van der Waals surface area contributed by atoms with E-state index in [1.165, 1.54) is 11.9 Å². The van der Waals surface area contributed by atoms with Crippen molar-refractivity contribution in [1.29, 1.82) is 0 Å². The van der Waals surface area contributed by atoms with E-state index in [-0.39, 0.29) is 18.8 Å². The maximum Gasteiger partial charge on any atom is 0.410 e. The molecule has 2 aromatic carbocycles. The molecule has 180 valence electrons. The van der Waals surface area contributed by atoms with Crippen LogP contribution in [0, 0.1) is 17.5 Å². The SMILES string of the molecule is CN(CCNS(=O)(=O)c1ccc(F)c(C(=O)Nc2ccc(F)c(F)c2)c1)C(=O)OC(C)(C)C. The standard InChI is InChI=1S/C21H24F3N3O5S/c1-21(2,3)32-20(29)27(4)10-9-25-33(30,31)14-6-8-16(22)15(12-14)19(28)26-13-5-7-17(23)18(24)11-13/h5-8,11-12,25H,9-10H2,1-4H3,(H,26,28). The van der Waals surface area contributed by atoms with Crippen LogP contribution in [0.4, 0.5) is 23.7 Å². The van der Waals surface area contributed by atoms with Crippen molar-refractivity contribution < 1.29 is 35.9 Å². The lowest BCUT2D eigenvalue weighted by atomic mass is 10.2. The molecule has 0 aliphatic rings. The Morgan fingerprint density at radius 3 is 2.24 bits per heavy atom. The molecule has 12 heteroatoms. The number of carbonyl (C=O) groups excluding carboxylic acids is 2. The molecular weight excluding hydrogens is 463 g/mol. The van der Waals surface area contributed by atoms with Gasteiger partial charge in [-0.05, 0) is 51.1 Å². The second-order valence-electron chi connectivity index (χ2n) is 8.02. The first-order chi connectivity index (χ1) is 15.2. The largest absolute Gasteiger partial charge is 0.444 e. The summed E-state index contributed by atoms with van der Waals surface area (Å²) >= 11 is 0. The molecule has 0 fully saturated rings. The van der Waals surface area contributed by atoms with Crippen molar-refractivity contribution in [3.8, 4) is 0 Å². The number of halogens is 3. The summed E-state index contributed by atoms with van der Waals surface area (Å²) in [5.41, 5.74) is -1.47. The van der Waals surface area contributed by atoms with Crippen LogP contribution in [0.25, 0.3) is 0 Å². The van der Waals surface area contributed by atoms with Crippen LogP contribution in [0.2, 0.25) is 0 Å². The Bertz CT molecular complexity index is 1150. The maximum atomic E-state index is 14.2. The number of amides is 2. The summed E-state index contributed by atoms with van der Waals surface area (Å²) < 4.78 is 73.0. The molecule has 2 aromatic rings. The molecule has 33 heavy (non-hydrogen) atoms. The Morgan fingerprint density at radius 1 is 1.00 bits per heavy atom. The van der Waals surface area contributed by atoms with Crippen molar-refractivity contribution >= 4 is 27.7 Å². The van der Waals surface area contributed by atoms with E-state index in [9.17, 15) is 31.2 Å². The number of ether oxygens (including phenoxy) is 1. The van der Waals surface area contributed by atoms with Crippen molar-refractivity contribution in [1.82, 2.24) is 9.62 Å². The molecule has 0 saturated carbocycles. The summed E-state index contributed by atoms with van der Waals surface area (Å²) in [4.78, 5) is 25.1. The molecule has 8 nitrogen and oxygen atoms in total. The van der Waals surface area contributed by atoms with Crippen molar-refractivity contribution in [2.75, 3.05) is 25.5 Å². The van der Waals surface area contributed by atoms with Crippen molar-refractivity contribution in [3.63, 3.8) is 0 Å². The number of anilines is 1. The lowest BCUT2D eigenvalue weighted by Crippen LogP contribution is -2.39. The van der Waals surface area contributed by atoms with Gasteiger partial charge in [0.05, 0.1) is 10.5 Å². The van der Waals surface area contributed by atoms with Crippen molar-refractivity contribution in [3.05, 3.63) is 59.4 Å². The average molecular weight is 488 g/mol. The van der Waals surface area contributed by atoms with E-state index in [4.69, 9.17) is 4.74 Å². The summed E-state index contributed by atoms with van der Waals surface area (Å²) in [6.07, 6.45) is -0.639. The van der Waals surface area contributed by atoms with Gasteiger partial charge in [-0.1, -0.05) is 0 Å². The van der Waals surface area contributed by atoms with Crippen LogP contribution in [0.15, 0.2) is 41.3 Å². The first-order valence-electron chi connectivity index (χ1n) is 9.69. The number of sulfonamides is 1. The van der Waals surface area contributed by atoms with Crippen LogP contribution in [-0.4, -0.2) is 51.1 Å². The Kier molecular flexibility index (Phi) is 8.09. The highest BCUT2D eigenvalue weighted by Crippen LogP contribution is 2.19. The van der Waals surface area contributed by atoms with Crippen LogP contribution in [-0.2, 0) is 14.8 Å². The van der Waals surface area contributed by atoms with E-state index in [2.05, 4.69) is 10.0 Å². The number of nitrogens with one attached hydrogen (secondary N) is 2. The molecule has 0 aliphatic heterocycles. The van der Waals surface area contributed by atoms with Gasteiger partial charge in [-0.25, -0.2) is 31.1 Å². The van der Waals surface area contributed by atoms with Crippen LogP contribution in [0.3, 0.4) is 0 Å². The highest BCUT2D eigenvalue weighted by Gasteiger charge is 2.22. The highest BCUT2D eigenvalue weighted by atomic mass is 32.2. The van der Waals surface area contributed by atoms with Crippen molar-refractivity contribution in [2.45, 2.75) is 31.3 Å². The van der Waals surface area contributed by atoms with E-state index >= 15 is 0 Å². The van der Waals surface area contributed by atoms with Crippen LogP contribution < -0.4 is 10.0 Å². The fourth-order valence-electron chi connectivity index (χ4n) is 2.48. The minimum atomic E-state index is -4.16. The first-order valence-corrected chi connectivity index (χ1v) is 11.2. The third-order valence-electron chi connectivity index (χ3n) is 4.11. The van der Waals surface area contributed by atoms with Gasteiger partial charge in [0, 0.05) is 31.9 Å². The fourth-order valence-corrected chi connectivity index (χ4v) is 3.53. The number of rotatable bonds is 7. The monoisotopic (exact) mass is 487 g/mol. The molecule has 2 amide bonds. The van der Waals surface area contributed by atoms with Gasteiger partial charge in [-0.15, -0.1) is 0 Å². The second-order valence-corrected chi connectivity index (χ2v) is 9.79. The van der Waals surface area contributed by atoms with E-state index in [0.29, 0.717) is 6.07 Å². The second kappa shape index (κ2) is 10.2.